The van der Waals surface area contributed by atoms with E-state index in [1.165, 1.54) is 18.4 Å². The number of carbonyl (C=O) groups is 1. The minimum absolute atomic E-state index is 0.0601. The molecule has 0 bridgehead atoms. The standard InChI is InChI=1S/C9H10O3S/c1-6(9(11)12-2)8(10)7-4-3-5-13-7/h3-5,8,10H,1H2,2H3/t8-/m0/s1. The lowest BCUT2D eigenvalue weighted by Crippen LogP contribution is -2.10. The topological polar surface area (TPSA) is 46.5 Å². The van der Waals surface area contributed by atoms with E-state index in [-0.39, 0.29) is 5.57 Å². The predicted molar refractivity (Wildman–Crippen MR) is 50.4 cm³/mol. The maximum atomic E-state index is 11.0. The molecule has 1 atom stereocenters. The molecule has 4 heteroatoms. The highest BCUT2D eigenvalue weighted by molar-refractivity contribution is 7.10. The molecule has 0 fully saturated rings. The van der Waals surface area contributed by atoms with Crippen molar-refractivity contribution in [2.75, 3.05) is 7.11 Å². The second-order valence-electron chi connectivity index (χ2n) is 2.43. The molecule has 0 aliphatic rings. The summed E-state index contributed by atoms with van der Waals surface area (Å²) in [6.07, 6.45) is -0.951. The van der Waals surface area contributed by atoms with Gasteiger partial charge >= 0.3 is 5.97 Å². The van der Waals surface area contributed by atoms with Crippen LogP contribution in [0.2, 0.25) is 0 Å². The zero-order valence-corrected chi connectivity index (χ0v) is 8.00. The second-order valence-corrected chi connectivity index (χ2v) is 3.41. The number of hydrogen-bond donors (Lipinski definition) is 1. The Labute approximate surface area is 80.3 Å². The molecule has 1 heterocycles. The van der Waals surface area contributed by atoms with Crippen LogP contribution in [0.3, 0.4) is 0 Å². The third-order valence-electron chi connectivity index (χ3n) is 1.59. The number of aliphatic hydroxyl groups is 1. The Bertz CT molecular complexity index is 303. The van der Waals surface area contributed by atoms with Crippen molar-refractivity contribution in [2.45, 2.75) is 6.10 Å². The Balaban J connectivity index is 2.74. The van der Waals surface area contributed by atoms with Crippen molar-refractivity contribution < 1.29 is 14.6 Å². The lowest BCUT2D eigenvalue weighted by molar-refractivity contribution is -0.137. The van der Waals surface area contributed by atoms with Crippen molar-refractivity contribution in [1.29, 1.82) is 0 Å². The third-order valence-corrected chi connectivity index (χ3v) is 2.52. The number of hydrogen-bond acceptors (Lipinski definition) is 4. The van der Waals surface area contributed by atoms with Crippen molar-refractivity contribution in [2.24, 2.45) is 0 Å². The van der Waals surface area contributed by atoms with Crippen LogP contribution in [0.5, 0.6) is 0 Å². The molecular formula is C9H10O3S. The fourth-order valence-corrected chi connectivity index (χ4v) is 1.60. The van der Waals surface area contributed by atoms with Crippen LogP contribution in [0.1, 0.15) is 11.0 Å². The average molecular weight is 198 g/mol. The van der Waals surface area contributed by atoms with Crippen LogP contribution >= 0.6 is 11.3 Å². The van der Waals surface area contributed by atoms with Crippen LogP contribution in [0, 0.1) is 0 Å². The van der Waals surface area contributed by atoms with Crippen LogP contribution in [0.15, 0.2) is 29.7 Å². The molecule has 0 saturated heterocycles. The van der Waals surface area contributed by atoms with E-state index in [2.05, 4.69) is 11.3 Å². The average Bonchev–Trinajstić information content (AvgIpc) is 2.67. The number of methoxy groups -OCH3 is 1. The Morgan fingerprint density at radius 2 is 2.46 bits per heavy atom. The molecule has 1 aromatic heterocycles. The van der Waals surface area contributed by atoms with Gasteiger partial charge in [-0.3, -0.25) is 0 Å². The van der Waals surface area contributed by atoms with Gasteiger partial charge in [-0.2, -0.15) is 0 Å². The number of carbonyl (C=O) groups excluding carboxylic acids is 1. The number of thiophene rings is 1. The molecule has 0 amide bonds. The van der Waals surface area contributed by atoms with E-state index in [1.54, 1.807) is 12.1 Å². The molecule has 1 N–H and O–H groups in total. The van der Waals surface area contributed by atoms with Gasteiger partial charge in [0.05, 0.1) is 12.7 Å². The van der Waals surface area contributed by atoms with Gasteiger partial charge in [0.25, 0.3) is 0 Å². The molecule has 0 radical (unpaired) electrons. The van der Waals surface area contributed by atoms with Crippen LogP contribution in [0.25, 0.3) is 0 Å². The predicted octanol–water partition coefficient (Wildman–Crippen LogP) is 1.51. The fraction of sp³-hybridized carbons (Fsp3) is 0.222. The molecule has 0 aliphatic carbocycles. The summed E-state index contributed by atoms with van der Waals surface area (Å²) >= 11 is 1.37. The summed E-state index contributed by atoms with van der Waals surface area (Å²) in [4.78, 5) is 11.7. The van der Waals surface area contributed by atoms with Gasteiger partial charge in [-0.25, -0.2) is 4.79 Å². The van der Waals surface area contributed by atoms with Gasteiger partial charge < -0.3 is 9.84 Å². The van der Waals surface area contributed by atoms with Gasteiger partial charge in [-0.15, -0.1) is 11.3 Å². The molecule has 13 heavy (non-hydrogen) atoms. The van der Waals surface area contributed by atoms with Crippen molar-refractivity contribution in [3.05, 3.63) is 34.5 Å². The van der Waals surface area contributed by atoms with Gasteiger partial charge in [0, 0.05) is 4.88 Å². The van der Waals surface area contributed by atoms with Crippen LogP contribution in [-0.2, 0) is 9.53 Å². The van der Waals surface area contributed by atoms with Crippen LogP contribution in [0.4, 0.5) is 0 Å². The van der Waals surface area contributed by atoms with Gasteiger partial charge in [0.1, 0.15) is 6.10 Å². The van der Waals surface area contributed by atoms with Crippen LogP contribution in [-0.4, -0.2) is 18.2 Å². The zero-order valence-electron chi connectivity index (χ0n) is 7.19. The van der Waals surface area contributed by atoms with E-state index in [0.29, 0.717) is 4.88 Å². The Hall–Kier alpha value is -1.13. The first-order valence-corrected chi connectivity index (χ1v) is 4.53. The van der Waals surface area contributed by atoms with Gasteiger partial charge in [-0.1, -0.05) is 12.6 Å². The lowest BCUT2D eigenvalue weighted by Gasteiger charge is -2.09. The third kappa shape index (κ3) is 2.17. The molecule has 1 aromatic rings. The van der Waals surface area contributed by atoms with Crippen molar-refractivity contribution in [1.82, 2.24) is 0 Å². The molecule has 0 spiro atoms. The van der Waals surface area contributed by atoms with Gasteiger partial charge in [-0.05, 0) is 11.4 Å². The molecule has 70 valence electrons. The zero-order chi connectivity index (χ0) is 9.84. The second kappa shape index (κ2) is 4.20. The minimum atomic E-state index is -0.951. The first-order chi connectivity index (χ1) is 6.16. The first kappa shape index (κ1) is 9.95. The van der Waals surface area contributed by atoms with E-state index in [1.807, 2.05) is 5.38 Å². The van der Waals surface area contributed by atoms with E-state index < -0.39 is 12.1 Å². The van der Waals surface area contributed by atoms with Gasteiger partial charge in [0.2, 0.25) is 0 Å². The van der Waals surface area contributed by atoms with Crippen molar-refractivity contribution in [3.8, 4) is 0 Å². The Kier molecular flexibility index (Phi) is 3.22. The molecule has 0 saturated carbocycles. The monoisotopic (exact) mass is 198 g/mol. The Morgan fingerprint density at radius 3 is 2.92 bits per heavy atom. The lowest BCUT2D eigenvalue weighted by atomic mass is 10.1. The summed E-state index contributed by atoms with van der Waals surface area (Å²) in [5.74, 6) is -0.582. The molecule has 1 rings (SSSR count). The van der Waals surface area contributed by atoms with E-state index in [9.17, 15) is 9.90 Å². The molecule has 0 aromatic carbocycles. The normalized spacial score (nSPS) is 12.2. The van der Waals surface area contributed by atoms with Crippen molar-refractivity contribution in [3.63, 3.8) is 0 Å². The smallest absolute Gasteiger partial charge is 0.336 e. The Morgan fingerprint density at radius 1 is 1.77 bits per heavy atom. The highest BCUT2D eigenvalue weighted by atomic mass is 32.1. The fourth-order valence-electron chi connectivity index (χ4n) is 0.861. The largest absolute Gasteiger partial charge is 0.466 e. The first-order valence-electron chi connectivity index (χ1n) is 3.65. The summed E-state index contributed by atoms with van der Waals surface area (Å²) in [6.45, 7) is 3.46. The molecule has 0 unspecified atom stereocenters. The highest BCUT2D eigenvalue weighted by Gasteiger charge is 2.19. The van der Waals surface area contributed by atoms with E-state index in [0.717, 1.165) is 0 Å². The van der Waals surface area contributed by atoms with Crippen LogP contribution < -0.4 is 0 Å². The summed E-state index contributed by atoms with van der Waals surface area (Å²) in [6, 6.07) is 3.54. The summed E-state index contributed by atoms with van der Waals surface area (Å²) in [5, 5.41) is 11.4. The molecule has 0 aliphatic heterocycles. The summed E-state index contributed by atoms with van der Waals surface area (Å²) in [7, 11) is 1.26. The number of rotatable bonds is 3. The number of aliphatic hydroxyl groups excluding tert-OH is 1. The minimum Gasteiger partial charge on any atom is -0.466 e. The van der Waals surface area contributed by atoms with E-state index >= 15 is 0 Å². The molecule has 3 nitrogen and oxygen atoms in total. The van der Waals surface area contributed by atoms with Crippen molar-refractivity contribution >= 4 is 17.3 Å². The number of ether oxygens (including phenoxy) is 1. The number of esters is 1. The maximum absolute atomic E-state index is 11.0. The van der Waals surface area contributed by atoms with E-state index in [4.69, 9.17) is 0 Å². The quantitative estimate of drug-likeness (QED) is 0.591. The highest BCUT2D eigenvalue weighted by Crippen LogP contribution is 2.24. The summed E-state index contributed by atoms with van der Waals surface area (Å²) in [5.41, 5.74) is 0.0601. The van der Waals surface area contributed by atoms with Gasteiger partial charge in [0.15, 0.2) is 0 Å². The maximum Gasteiger partial charge on any atom is 0.336 e. The summed E-state index contributed by atoms with van der Waals surface area (Å²) < 4.78 is 4.44. The molecular weight excluding hydrogens is 188 g/mol. The SMILES string of the molecule is C=C(C(=O)OC)[C@H](O)c1cccs1.